The minimum atomic E-state index is -0.347. The second kappa shape index (κ2) is 6.34. The van der Waals surface area contributed by atoms with Gasteiger partial charge in [0.25, 0.3) is 5.91 Å². The van der Waals surface area contributed by atoms with Gasteiger partial charge >= 0.3 is 0 Å². The molecule has 0 aliphatic carbocycles. The number of carbonyl (C=O) groups excluding carboxylic acids is 1. The fourth-order valence-corrected chi connectivity index (χ4v) is 2.10. The van der Waals surface area contributed by atoms with E-state index in [0.717, 1.165) is 10.0 Å². The van der Waals surface area contributed by atoms with Gasteiger partial charge in [-0.25, -0.2) is 0 Å². The molecule has 0 unspecified atom stereocenters. The van der Waals surface area contributed by atoms with Gasteiger partial charge in [-0.3, -0.25) is 4.79 Å². The van der Waals surface area contributed by atoms with Crippen molar-refractivity contribution >= 4 is 21.8 Å². The molecule has 0 spiro atoms. The van der Waals surface area contributed by atoms with E-state index >= 15 is 0 Å². The van der Waals surface area contributed by atoms with Gasteiger partial charge in [0.05, 0.1) is 11.2 Å². The van der Waals surface area contributed by atoms with E-state index in [0.29, 0.717) is 18.7 Å². The molecule has 0 saturated heterocycles. The van der Waals surface area contributed by atoms with Crippen LogP contribution in [0.15, 0.2) is 22.7 Å². The molecule has 1 rings (SSSR count). The van der Waals surface area contributed by atoms with Crippen LogP contribution in [0.3, 0.4) is 0 Å². The van der Waals surface area contributed by atoms with Gasteiger partial charge in [-0.05, 0) is 55.3 Å². The molecule has 0 aromatic heterocycles. The molecule has 1 aromatic rings. The first-order valence-electron chi connectivity index (χ1n) is 6.04. The van der Waals surface area contributed by atoms with Gasteiger partial charge in [0.2, 0.25) is 0 Å². The van der Waals surface area contributed by atoms with E-state index in [1.807, 2.05) is 39.8 Å². The number of rotatable bonds is 5. The lowest BCUT2D eigenvalue weighted by atomic mass is 10.1. The third-order valence-electron chi connectivity index (χ3n) is 2.65. The standard InChI is InChI=1S/C14H20BrNO2/c1-5-18-14(3,4)9-16-13(17)11-8-6-7-10(2)12(11)15/h6-8H,5,9H2,1-4H3,(H,16,17). The van der Waals surface area contributed by atoms with Crippen molar-refractivity contribution in [2.75, 3.05) is 13.2 Å². The number of amides is 1. The second-order valence-corrected chi connectivity index (χ2v) is 5.60. The molecule has 1 aromatic carbocycles. The molecule has 4 heteroatoms. The third-order valence-corrected chi connectivity index (χ3v) is 3.70. The number of hydrogen-bond acceptors (Lipinski definition) is 2. The van der Waals surface area contributed by atoms with Crippen LogP contribution in [0.25, 0.3) is 0 Å². The van der Waals surface area contributed by atoms with Crippen molar-refractivity contribution in [3.05, 3.63) is 33.8 Å². The molecule has 100 valence electrons. The van der Waals surface area contributed by atoms with Crippen LogP contribution >= 0.6 is 15.9 Å². The number of carbonyl (C=O) groups is 1. The molecule has 1 N–H and O–H groups in total. The molecular formula is C14H20BrNO2. The lowest BCUT2D eigenvalue weighted by Gasteiger charge is -2.25. The molecule has 0 aliphatic heterocycles. The van der Waals surface area contributed by atoms with Crippen molar-refractivity contribution in [3.8, 4) is 0 Å². The van der Waals surface area contributed by atoms with Crippen LogP contribution in [0, 0.1) is 6.92 Å². The summed E-state index contributed by atoms with van der Waals surface area (Å²) in [7, 11) is 0. The Morgan fingerprint density at radius 1 is 1.44 bits per heavy atom. The SMILES string of the molecule is CCOC(C)(C)CNC(=O)c1cccc(C)c1Br. The summed E-state index contributed by atoms with van der Waals surface area (Å²) in [5, 5.41) is 2.90. The summed E-state index contributed by atoms with van der Waals surface area (Å²) in [6, 6.07) is 5.65. The van der Waals surface area contributed by atoms with Gasteiger partial charge in [-0.2, -0.15) is 0 Å². The molecule has 0 saturated carbocycles. The molecule has 1 amide bonds. The van der Waals surface area contributed by atoms with E-state index in [2.05, 4.69) is 21.2 Å². The Morgan fingerprint density at radius 3 is 2.72 bits per heavy atom. The van der Waals surface area contributed by atoms with Crippen LogP contribution in [-0.4, -0.2) is 24.7 Å². The quantitative estimate of drug-likeness (QED) is 0.905. The fourth-order valence-electron chi connectivity index (χ4n) is 1.65. The van der Waals surface area contributed by atoms with E-state index < -0.39 is 0 Å². The number of aryl methyl sites for hydroxylation is 1. The van der Waals surface area contributed by atoms with Gasteiger partial charge < -0.3 is 10.1 Å². The average Bonchev–Trinajstić information content (AvgIpc) is 2.30. The molecule has 0 bridgehead atoms. The lowest BCUT2D eigenvalue weighted by molar-refractivity contribution is -0.00815. The highest BCUT2D eigenvalue weighted by molar-refractivity contribution is 9.10. The number of nitrogens with one attached hydrogen (secondary N) is 1. The fraction of sp³-hybridized carbons (Fsp3) is 0.500. The van der Waals surface area contributed by atoms with Crippen LogP contribution < -0.4 is 5.32 Å². The molecule has 0 heterocycles. The Kier molecular flexibility index (Phi) is 5.35. The average molecular weight is 314 g/mol. The van der Waals surface area contributed by atoms with Crippen molar-refractivity contribution in [1.82, 2.24) is 5.32 Å². The zero-order chi connectivity index (χ0) is 13.8. The zero-order valence-corrected chi connectivity index (χ0v) is 12.9. The minimum Gasteiger partial charge on any atom is -0.374 e. The topological polar surface area (TPSA) is 38.3 Å². The predicted octanol–water partition coefficient (Wildman–Crippen LogP) is 3.30. The highest BCUT2D eigenvalue weighted by Crippen LogP contribution is 2.21. The van der Waals surface area contributed by atoms with Crippen molar-refractivity contribution in [2.24, 2.45) is 0 Å². The van der Waals surface area contributed by atoms with E-state index in [1.165, 1.54) is 0 Å². The van der Waals surface area contributed by atoms with Gasteiger partial charge in [-0.1, -0.05) is 12.1 Å². The maximum atomic E-state index is 12.1. The number of halogens is 1. The first-order chi connectivity index (χ1) is 8.37. The largest absolute Gasteiger partial charge is 0.374 e. The van der Waals surface area contributed by atoms with Crippen LogP contribution in [-0.2, 0) is 4.74 Å². The normalized spacial score (nSPS) is 11.4. The third kappa shape index (κ3) is 4.10. The van der Waals surface area contributed by atoms with E-state index in [4.69, 9.17) is 4.74 Å². The predicted molar refractivity (Wildman–Crippen MR) is 76.9 cm³/mol. The van der Waals surface area contributed by atoms with Gasteiger partial charge in [0.15, 0.2) is 0 Å². The zero-order valence-electron chi connectivity index (χ0n) is 11.3. The summed E-state index contributed by atoms with van der Waals surface area (Å²) in [6.45, 7) is 8.95. The Balaban J connectivity index is 2.69. The minimum absolute atomic E-state index is 0.0849. The Bertz CT molecular complexity index is 430. The van der Waals surface area contributed by atoms with Crippen LogP contribution in [0.1, 0.15) is 36.7 Å². The summed E-state index contributed by atoms with van der Waals surface area (Å²) in [5.74, 6) is -0.0849. The highest BCUT2D eigenvalue weighted by atomic mass is 79.9. The first kappa shape index (κ1) is 15.2. The van der Waals surface area contributed by atoms with Crippen molar-refractivity contribution in [1.29, 1.82) is 0 Å². The van der Waals surface area contributed by atoms with E-state index in [1.54, 1.807) is 6.07 Å². The molecule has 0 aliphatic rings. The number of hydrogen-bond donors (Lipinski definition) is 1. The summed E-state index contributed by atoms with van der Waals surface area (Å²) >= 11 is 3.44. The first-order valence-corrected chi connectivity index (χ1v) is 6.84. The van der Waals surface area contributed by atoms with E-state index in [-0.39, 0.29) is 11.5 Å². The summed E-state index contributed by atoms with van der Waals surface area (Å²) in [5.41, 5.74) is 1.36. The summed E-state index contributed by atoms with van der Waals surface area (Å²) in [6.07, 6.45) is 0. The van der Waals surface area contributed by atoms with Gasteiger partial charge in [0.1, 0.15) is 0 Å². The van der Waals surface area contributed by atoms with Crippen molar-refractivity contribution in [3.63, 3.8) is 0 Å². The molecule has 0 radical (unpaired) electrons. The number of ether oxygens (including phenoxy) is 1. The van der Waals surface area contributed by atoms with E-state index in [9.17, 15) is 4.79 Å². The van der Waals surface area contributed by atoms with Crippen LogP contribution in [0.4, 0.5) is 0 Å². The molecule has 18 heavy (non-hydrogen) atoms. The second-order valence-electron chi connectivity index (χ2n) is 4.81. The van der Waals surface area contributed by atoms with Crippen molar-refractivity contribution in [2.45, 2.75) is 33.3 Å². The van der Waals surface area contributed by atoms with Crippen LogP contribution in [0.5, 0.6) is 0 Å². The maximum Gasteiger partial charge on any atom is 0.252 e. The highest BCUT2D eigenvalue weighted by Gasteiger charge is 2.20. The molecule has 0 atom stereocenters. The lowest BCUT2D eigenvalue weighted by Crippen LogP contribution is -2.40. The van der Waals surface area contributed by atoms with Gasteiger partial charge in [0, 0.05) is 17.6 Å². The smallest absolute Gasteiger partial charge is 0.252 e. The molecule has 0 fully saturated rings. The van der Waals surface area contributed by atoms with Crippen molar-refractivity contribution < 1.29 is 9.53 Å². The monoisotopic (exact) mass is 313 g/mol. The van der Waals surface area contributed by atoms with Crippen LogP contribution in [0.2, 0.25) is 0 Å². The summed E-state index contributed by atoms with van der Waals surface area (Å²) in [4.78, 5) is 12.1. The Labute approximate surface area is 117 Å². The maximum absolute atomic E-state index is 12.1. The van der Waals surface area contributed by atoms with Gasteiger partial charge in [-0.15, -0.1) is 0 Å². The number of benzene rings is 1. The molecule has 3 nitrogen and oxygen atoms in total. The Hall–Kier alpha value is -0.870. The summed E-state index contributed by atoms with van der Waals surface area (Å²) < 4.78 is 6.39. The Morgan fingerprint density at radius 2 is 2.11 bits per heavy atom. The molecular weight excluding hydrogens is 294 g/mol.